The molecular formula is C11H21ClN2O2S. The standard InChI is InChI=1S/C11H21ClN2O2S/c1-10(7-12)9-17(15,16)14-6-5-13-4-2-3-11(13)8-14/h10-11H,2-9H2,1H3. The highest BCUT2D eigenvalue weighted by atomic mass is 35.5. The predicted molar refractivity (Wildman–Crippen MR) is 69.8 cm³/mol. The van der Waals surface area contributed by atoms with E-state index < -0.39 is 10.0 Å². The first-order valence-electron chi connectivity index (χ1n) is 6.31. The van der Waals surface area contributed by atoms with Gasteiger partial charge in [-0.1, -0.05) is 6.92 Å². The van der Waals surface area contributed by atoms with Crippen LogP contribution in [0.4, 0.5) is 0 Å². The van der Waals surface area contributed by atoms with Crippen LogP contribution in [-0.4, -0.2) is 61.5 Å². The molecule has 4 nitrogen and oxygen atoms in total. The van der Waals surface area contributed by atoms with Gasteiger partial charge >= 0.3 is 0 Å². The minimum atomic E-state index is -3.11. The summed E-state index contributed by atoms with van der Waals surface area (Å²) in [6, 6.07) is 0.449. The van der Waals surface area contributed by atoms with Crippen LogP contribution in [0.5, 0.6) is 0 Å². The van der Waals surface area contributed by atoms with Crippen molar-refractivity contribution in [3.05, 3.63) is 0 Å². The molecule has 6 heteroatoms. The highest BCUT2D eigenvalue weighted by Gasteiger charge is 2.35. The van der Waals surface area contributed by atoms with Crippen molar-refractivity contribution in [1.29, 1.82) is 0 Å². The molecule has 2 unspecified atom stereocenters. The van der Waals surface area contributed by atoms with Gasteiger partial charge in [-0.15, -0.1) is 11.6 Å². The average Bonchev–Trinajstić information content (AvgIpc) is 2.75. The van der Waals surface area contributed by atoms with Crippen molar-refractivity contribution in [3.8, 4) is 0 Å². The molecule has 0 aromatic carbocycles. The fourth-order valence-electron chi connectivity index (χ4n) is 2.72. The van der Waals surface area contributed by atoms with Crippen LogP contribution < -0.4 is 0 Å². The van der Waals surface area contributed by atoms with Crippen LogP contribution in [-0.2, 0) is 10.0 Å². The summed E-state index contributed by atoms with van der Waals surface area (Å²) in [4.78, 5) is 2.41. The summed E-state index contributed by atoms with van der Waals surface area (Å²) >= 11 is 5.69. The number of hydrogen-bond donors (Lipinski definition) is 0. The molecule has 2 atom stereocenters. The molecule has 2 heterocycles. The summed E-state index contributed by atoms with van der Waals surface area (Å²) < 4.78 is 26.1. The van der Waals surface area contributed by atoms with E-state index in [0.29, 0.717) is 25.0 Å². The molecular weight excluding hydrogens is 260 g/mol. The van der Waals surface area contributed by atoms with E-state index in [0.717, 1.165) is 19.5 Å². The summed E-state index contributed by atoms with van der Waals surface area (Å²) in [6.45, 7) is 5.23. The van der Waals surface area contributed by atoms with Crippen LogP contribution in [0.2, 0.25) is 0 Å². The number of fused-ring (bicyclic) bond motifs is 1. The third-order valence-electron chi connectivity index (χ3n) is 3.70. The van der Waals surface area contributed by atoms with Gasteiger partial charge in [-0.05, 0) is 25.3 Å². The summed E-state index contributed by atoms with van der Waals surface area (Å²) in [5.41, 5.74) is 0. The lowest BCUT2D eigenvalue weighted by atomic mass is 10.2. The molecule has 2 fully saturated rings. The van der Waals surface area contributed by atoms with Gasteiger partial charge in [0.1, 0.15) is 0 Å². The predicted octanol–water partition coefficient (Wildman–Crippen LogP) is 0.971. The van der Waals surface area contributed by atoms with Crippen LogP contribution in [0.3, 0.4) is 0 Å². The Kier molecular flexibility index (Phi) is 4.34. The minimum Gasteiger partial charge on any atom is -0.298 e. The van der Waals surface area contributed by atoms with Crippen molar-refractivity contribution in [2.75, 3.05) is 37.8 Å². The van der Waals surface area contributed by atoms with Crippen molar-refractivity contribution in [2.45, 2.75) is 25.8 Å². The molecule has 0 aromatic heterocycles. The van der Waals surface area contributed by atoms with Gasteiger partial charge in [-0.3, -0.25) is 4.90 Å². The zero-order valence-corrected chi connectivity index (χ0v) is 11.9. The Morgan fingerprint density at radius 1 is 1.35 bits per heavy atom. The van der Waals surface area contributed by atoms with Gasteiger partial charge < -0.3 is 0 Å². The number of nitrogens with zero attached hydrogens (tertiary/aromatic N) is 2. The second-order valence-electron chi connectivity index (χ2n) is 5.23. The molecule has 2 saturated heterocycles. The Labute approximate surface area is 109 Å². The maximum Gasteiger partial charge on any atom is 0.214 e. The first-order valence-corrected chi connectivity index (χ1v) is 8.45. The van der Waals surface area contributed by atoms with Gasteiger partial charge in [0.15, 0.2) is 0 Å². The molecule has 0 radical (unpaired) electrons. The Balaban J connectivity index is 1.98. The maximum atomic E-state index is 12.2. The first-order chi connectivity index (χ1) is 8.03. The van der Waals surface area contributed by atoms with Crippen molar-refractivity contribution in [1.82, 2.24) is 9.21 Å². The number of halogens is 1. The second kappa shape index (κ2) is 5.43. The molecule has 2 aliphatic heterocycles. The van der Waals surface area contributed by atoms with Gasteiger partial charge in [0, 0.05) is 31.6 Å². The molecule has 0 aromatic rings. The summed E-state index contributed by atoms with van der Waals surface area (Å²) in [5, 5.41) is 0. The summed E-state index contributed by atoms with van der Waals surface area (Å²) in [7, 11) is -3.11. The van der Waals surface area contributed by atoms with Crippen molar-refractivity contribution < 1.29 is 8.42 Å². The fraction of sp³-hybridized carbons (Fsp3) is 1.00. The molecule has 0 spiro atoms. The molecule has 0 N–H and O–H groups in total. The van der Waals surface area contributed by atoms with Crippen molar-refractivity contribution in [2.24, 2.45) is 5.92 Å². The van der Waals surface area contributed by atoms with E-state index in [2.05, 4.69) is 4.90 Å². The van der Waals surface area contributed by atoms with E-state index in [1.165, 1.54) is 6.42 Å². The van der Waals surface area contributed by atoms with Gasteiger partial charge in [0.25, 0.3) is 0 Å². The van der Waals surface area contributed by atoms with E-state index in [1.54, 1.807) is 4.31 Å². The first kappa shape index (κ1) is 13.6. The maximum absolute atomic E-state index is 12.2. The molecule has 0 saturated carbocycles. The number of piperazine rings is 1. The van der Waals surface area contributed by atoms with Gasteiger partial charge in [0.2, 0.25) is 10.0 Å². The molecule has 0 bridgehead atoms. The molecule has 100 valence electrons. The number of alkyl halides is 1. The Hall–Kier alpha value is 0.160. The SMILES string of the molecule is CC(CCl)CS(=O)(=O)N1CCN2CCCC2C1. The zero-order valence-electron chi connectivity index (χ0n) is 10.3. The van der Waals surface area contributed by atoms with Crippen LogP contribution in [0.15, 0.2) is 0 Å². The van der Waals surface area contributed by atoms with E-state index in [9.17, 15) is 8.42 Å². The van der Waals surface area contributed by atoms with Crippen molar-refractivity contribution >= 4 is 21.6 Å². The molecule has 0 amide bonds. The van der Waals surface area contributed by atoms with E-state index in [-0.39, 0.29) is 11.7 Å². The third kappa shape index (κ3) is 3.13. The normalized spacial score (nSPS) is 29.2. The van der Waals surface area contributed by atoms with E-state index in [4.69, 9.17) is 11.6 Å². The van der Waals surface area contributed by atoms with Crippen LogP contribution in [0.1, 0.15) is 19.8 Å². The summed E-state index contributed by atoms with van der Waals surface area (Å²) in [5.74, 6) is 0.620. The average molecular weight is 281 g/mol. The zero-order chi connectivity index (χ0) is 12.5. The second-order valence-corrected chi connectivity index (χ2v) is 7.55. The molecule has 17 heavy (non-hydrogen) atoms. The number of hydrogen-bond acceptors (Lipinski definition) is 3. The number of rotatable bonds is 4. The van der Waals surface area contributed by atoms with Crippen LogP contribution in [0.25, 0.3) is 0 Å². The Bertz CT molecular complexity index is 360. The largest absolute Gasteiger partial charge is 0.298 e. The van der Waals surface area contributed by atoms with Crippen LogP contribution in [0, 0.1) is 5.92 Å². The van der Waals surface area contributed by atoms with Gasteiger partial charge in [-0.2, -0.15) is 4.31 Å². The quantitative estimate of drug-likeness (QED) is 0.721. The Morgan fingerprint density at radius 2 is 2.12 bits per heavy atom. The van der Waals surface area contributed by atoms with E-state index >= 15 is 0 Å². The molecule has 2 rings (SSSR count). The van der Waals surface area contributed by atoms with Crippen LogP contribution >= 0.6 is 11.6 Å². The topological polar surface area (TPSA) is 40.6 Å². The minimum absolute atomic E-state index is 0.0308. The summed E-state index contributed by atoms with van der Waals surface area (Å²) in [6.07, 6.45) is 2.34. The van der Waals surface area contributed by atoms with Gasteiger partial charge in [0.05, 0.1) is 5.75 Å². The smallest absolute Gasteiger partial charge is 0.214 e. The molecule has 0 aliphatic carbocycles. The molecule has 2 aliphatic rings. The lowest BCUT2D eigenvalue weighted by Crippen LogP contribution is -2.52. The number of sulfonamides is 1. The lowest BCUT2D eigenvalue weighted by Gasteiger charge is -2.37. The van der Waals surface area contributed by atoms with E-state index in [1.807, 2.05) is 6.92 Å². The highest BCUT2D eigenvalue weighted by Crippen LogP contribution is 2.23. The Morgan fingerprint density at radius 3 is 2.82 bits per heavy atom. The van der Waals surface area contributed by atoms with Crippen molar-refractivity contribution in [3.63, 3.8) is 0 Å². The highest BCUT2D eigenvalue weighted by molar-refractivity contribution is 7.89. The third-order valence-corrected chi connectivity index (χ3v) is 6.34. The fourth-order valence-corrected chi connectivity index (χ4v) is 4.77. The van der Waals surface area contributed by atoms with Gasteiger partial charge in [-0.25, -0.2) is 8.42 Å². The lowest BCUT2D eigenvalue weighted by molar-refractivity contribution is 0.158. The monoisotopic (exact) mass is 280 g/mol.